The molecule has 2 aromatic carbocycles. The number of rotatable bonds is 12. The summed E-state index contributed by atoms with van der Waals surface area (Å²) in [6.07, 6.45) is -0.387. The highest BCUT2D eigenvalue weighted by molar-refractivity contribution is 6.37. The highest BCUT2D eigenvalue weighted by Crippen LogP contribution is 2.41. The molecule has 0 spiro atoms. The maximum atomic E-state index is 11.6. The SMILES string of the molecule is CC(=O)O/C(=C\Cl)COc1c(Cl)cc(C(C)(C)c2ccc(OC[C@@H](CN3CCOCC3)OC(C)=O)cc2)cc1Cl. The van der Waals surface area contributed by atoms with Crippen LogP contribution in [0.5, 0.6) is 11.5 Å². The van der Waals surface area contributed by atoms with Gasteiger partial charge in [-0.2, -0.15) is 0 Å². The van der Waals surface area contributed by atoms with Gasteiger partial charge in [0, 0.05) is 44.4 Å². The summed E-state index contributed by atoms with van der Waals surface area (Å²) in [5.41, 5.74) is 2.54. The van der Waals surface area contributed by atoms with E-state index in [9.17, 15) is 9.59 Å². The number of hydrogen-bond acceptors (Lipinski definition) is 8. The van der Waals surface area contributed by atoms with Crippen LogP contribution < -0.4 is 9.47 Å². The molecule has 11 heteroatoms. The third-order valence-electron chi connectivity index (χ3n) is 6.39. The average molecular weight is 615 g/mol. The van der Waals surface area contributed by atoms with Gasteiger partial charge in [0.1, 0.15) is 25.1 Å². The van der Waals surface area contributed by atoms with Gasteiger partial charge in [0.25, 0.3) is 0 Å². The molecule has 0 aromatic heterocycles. The molecule has 0 N–H and O–H groups in total. The summed E-state index contributed by atoms with van der Waals surface area (Å²) in [7, 11) is 0. The van der Waals surface area contributed by atoms with Crippen molar-refractivity contribution in [3.8, 4) is 11.5 Å². The second-order valence-corrected chi connectivity index (χ2v) is 10.9. The van der Waals surface area contributed by atoms with Crippen molar-refractivity contribution < 1.29 is 33.3 Å². The Labute approximate surface area is 250 Å². The minimum Gasteiger partial charge on any atom is -0.490 e. The fourth-order valence-electron chi connectivity index (χ4n) is 4.22. The normalized spacial score (nSPS) is 15.3. The quantitative estimate of drug-likeness (QED) is 0.213. The van der Waals surface area contributed by atoms with Gasteiger partial charge in [-0.3, -0.25) is 14.5 Å². The van der Waals surface area contributed by atoms with Crippen LogP contribution in [0.3, 0.4) is 0 Å². The molecule has 0 bridgehead atoms. The molecule has 1 aliphatic heterocycles. The molecule has 1 heterocycles. The molecular formula is C29H34Cl3NO7. The number of morpholine rings is 1. The summed E-state index contributed by atoms with van der Waals surface area (Å²) >= 11 is 18.7. The monoisotopic (exact) mass is 613 g/mol. The maximum Gasteiger partial charge on any atom is 0.307 e. The van der Waals surface area contributed by atoms with Gasteiger partial charge in [-0.25, -0.2) is 0 Å². The molecule has 40 heavy (non-hydrogen) atoms. The highest BCUT2D eigenvalue weighted by Gasteiger charge is 2.26. The van der Waals surface area contributed by atoms with Gasteiger partial charge < -0.3 is 23.7 Å². The van der Waals surface area contributed by atoms with Gasteiger partial charge in [-0.05, 0) is 35.4 Å². The molecule has 1 saturated heterocycles. The van der Waals surface area contributed by atoms with E-state index in [-0.39, 0.29) is 36.8 Å². The van der Waals surface area contributed by atoms with Crippen LogP contribution in [0.2, 0.25) is 10.0 Å². The van der Waals surface area contributed by atoms with Crippen LogP contribution in [0, 0.1) is 0 Å². The summed E-state index contributed by atoms with van der Waals surface area (Å²) in [6, 6.07) is 11.3. The van der Waals surface area contributed by atoms with Crippen LogP contribution in [0.1, 0.15) is 38.8 Å². The Kier molecular flexibility index (Phi) is 12.0. The largest absolute Gasteiger partial charge is 0.490 e. The second kappa shape index (κ2) is 14.9. The molecule has 0 saturated carbocycles. The van der Waals surface area contributed by atoms with Crippen molar-refractivity contribution in [1.82, 2.24) is 4.90 Å². The number of ether oxygens (including phenoxy) is 5. The minimum atomic E-state index is -0.515. The molecule has 1 fully saturated rings. The van der Waals surface area contributed by atoms with Crippen LogP contribution in [-0.2, 0) is 29.2 Å². The Morgan fingerprint density at radius 3 is 2.17 bits per heavy atom. The van der Waals surface area contributed by atoms with E-state index in [0.29, 0.717) is 35.6 Å². The summed E-state index contributed by atoms with van der Waals surface area (Å²) in [5.74, 6) is 0.198. The predicted molar refractivity (Wildman–Crippen MR) is 155 cm³/mol. The minimum absolute atomic E-state index is 0.114. The van der Waals surface area contributed by atoms with Crippen molar-refractivity contribution in [2.24, 2.45) is 0 Å². The lowest BCUT2D eigenvalue weighted by atomic mass is 9.78. The topological polar surface area (TPSA) is 83.5 Å². The Hall–Kier alpha value is -2.49. The van der Waals surface area contributed by atoms with E-state index < -0.39 is 11.4 Å². The summed E-state index contributed by atoms with van der Waals surface area (Å²) < 4.78 is 27.5. The highest BCUT2D eigenvalue weighted by atomic mass is 35.5. The molecule has 3 rings (SSSR count). The molecular weight excluding hydrogens is 581 g/mol. The number of hydrogen-bond donors (Lipinski definition) is 0. The lowest BCUT2D eigenvalue weighted by molar-refractivity contribution is -0.149. The second-order valence-electron chi connectivity index (χ2n) is 9.83. The third kappa shape index (κ3) is 9.28. The summed E-state index contributed by atoms with van der Waals surface area (Å²) in [4.78, 5) is 25.0. The predicted octanol–water partition coefficient (Wildman–Crippen LogP) is 5.98. The van der Waals surface area contributed by atoms with Gasteiger partial charge in [0.05, 0.1) is 23.3 Å². The molecule has 1 aliphatic rings. The van der Waals surface area contributed by atoms with E-state index in [0.717, 1.165) is 29.8 Å². The number of benzene rings is 2. The molecule has 0 amide bonds. The Bertz CT molecular complexity index is 1170. The van der Waals surface area contributed by atoms with E-state index in [1.54, 1.807) is 12.1 Å². The van der Waals surface area contributed by atoms with E-state index in [4.69, 9.17) is 58.5 Å². The fourth-order valence-corrected chi connectivity index (χ4v) is 4.93. The van der Waals surface area contributed by atoms with E-state index in [2.05, 4.69) is 18.7 Å². The van der Waals surface area contributed by atoms with Crippen molar-refractivity contribution in [1.29, 1.82) is 0 Å². The Balaban J connectivity index is 1.67. The van der Waals surface area contributed by atoms with Gasteiger partial charge in [0.15, 0.2) is 11.5 Å². The first kappa shape index (κ1) is 32.0. The van der Waals surface area contributed by atoms with Crippen molar-refractivity contribution in [3.63, 3.8) is 0 Å². The van der Waals surface area contributed by atoms with E-state index >= 15 is 0 Å². The van der Waals surface area contributed by atoms with E-state index in [1.165, 1.54) is 13.8 Å². The van der Waals surface area contributed by atoms with Crippen molar-refractivity contribution >= 4 is 46.7 Å². The van der Waals surface area contributed by atoms with Crippen LogP contribution in [0.4, 0.5) is 0 Å². The van der Waals surface area contributed by atoms with Crippen molar-refractivity contribution in [3.05, 3.63) is 68.9 Å². The third-order valence-corrected chi connectivity index (χ3v) is 7.19. The average Bonchev–Trinajstić information content (AvgIpc) is 2.90. The fraction of sp³-hybridized carbons (Fsp3) is 0.448. The molecule has 0 radical (unpaired) electrons. The molecule has 218 valence electrons. The number of halogens is 3. The number of carbonyl (C=O) groups excluding carboxylic acids is 2. The zero-order chi connectivity index (χ0) is 29.3. The molecule has 0 aliphatic carbocycles. The first-order valence-electron chi connectivity index (χ1n) is 12.8. The van der Waals surface area contributed by atoms with Gasteiger partial charge in [-0.15, -0.1) is 0 Å². The lowest BCUT2D eigenvalue weighted by Gasteiger charge is -2.30. The lowest BCUT2D eigenvalue weighted by Crippen LogP contribution is -2.43. The zero-order valence-electron chi connectivity index (χ0n) is 23.0. The summed E-state index contributed by atoms with van der Waals surface area (Å²) in [5, 5.41) is 0.619. The Morgan fingerprint density at radius 2 is 1.62 bits per heavy atom. The smallest absolute Gasteiger partial charge is 0.307 e. The van der Waals surface area contributed by atoms with Crippen LogP contribution >= 0.6 is 34.8 Å². The molecule has 8 nitrogen and oxygen atoms in total. The maximum absolute atomic E-state index is 11.6. The first-order valence-corrected chi connectivity index (χ1v) is 14.0. The van der Waals surface area contributed by atoms with Gasteiger partial charge in [0.2, 0.25) is 0 Å². The first-order chi connectivity index (χ1) is 19.0. The van der Waals surface area contributed by atoms with Crippen molar-refractivity contribution in [2.75, 3.05) is 46.1 Å². The molecule has 2 aromatic rings. The van der Waals surface area contributed by atoms with Gasteiger partial charge in [-0.1, -0.05) is 60.8 Å². The van der Waals surface area contributed by atoms with E-state index in [1.807, 2.05) is 24.3 Å². The van der Waals surface area contributed by atoms with Crippen LogP contribution in [0.15, 0.2) is 47.7 Å². The van der Waals surface area contributed by atoms with Crippen molar-refractivity contribution in [2.45, 2.75) is 39.2 Å². The van der Waals surface area contributed by atoms with Crippen LogP contribution in [0.25, 0.3) is 0 Å². The summed E-state index contributed by atoms with van der Waals surface area (Å²) in [6.45, 7) is 10.4. The van der Waals surface area contributed by atoms with Gasteiger partial charge >= 0.3 is 11.9 Å². The Morgan fingerprint density at radius 1 is 1.00 bits per heavy atom. The number of carbonyl (C=O) groups is 2. The number of esters is 2. The molecule has 1 atom stereocenters. The zero-order valence-corrected chi connectivity index (χ0v) is 25.3. The number of nitrogens with zero attached hydrogens (tertiary/aromatic N) is 1. The molecule has 0 unspecified atom stereocenters. The van der Waals surface area contributed by atoms with Crippen LogP contribution in [-0.4, -0.2) is 69.0 Å². The standard InChI is InChI=1S/C29H34Cl3NO7/c1-19(34)39-24(15-30)17-38-28-26(31)13-22(14-27(28)32)29(3,4)21-5-7-23(8-6-21)37-18-25(40-20(2)35)16-33-9-11-36-12-10-33/h5-8,13-15,25H,9-12,16-18H2,1-4H3/b24-15-/t25-/m1/s1.